The molecule has 7 nitrogen and oxygen atoms in total. The van der Waals surface area contributed by atoms with Crippen LogP contribution in [0.25, 0.3) is 11.1 Å². The van der Waals surface area contributed by atoms with Crippen molar-refractivity contribution >= 4 is 11.8 Å². The summed E-state index contributed by atoms with van der Waals surface area (Å²) in [6.45, 7) is 0.654. The van der Waals surface area contributed by atoms with Gasteiger partial charge in [0.15, 0.2) is 0 Å². The second-order valence-corrected chi connectivity index (χ2v) is 10.1. The second kappa shape index (κ2) is 12.5. The Morgan fingerprint density at radius 2 is 1.64 bits per heavy atom. The third-order valence-electron chi connectivity index (χ3n) is 7.31. The number of ether oxygens (including phenoxy) is 2. The fourth-order valence-corrected chi connectivity index (χ4v) is 5.29. The molecule has 8 heteroatoms. The van der Waals surface area contributed by atoms with Crippen LogP contribution in [0, 0.1) is 5.82 Å². The van der Waals surface area contributed by atoms with Crippen LogP contribution >= 0.6 is 0 Å². The summed E-state index contributed by atoms with van der Waals surface area (Å²) in [7, 11) is 0. The van der Waals surface area contributed by atoms with E-state index in [1.54, 1.807) is 6.07 Å². The molecule has 5 rings (SSSR count). The van der Waals surface area contributed by atoms with Crippen molar-refractivity contribution in [2.24, 2.45) is 0 Å². The lowest BCUT2D eigenvalue weighted by atomic mass is 9.94. The zero-order chi connectivity index (χ0) is 27.2. The summed E-state index contributed by atoms with van der Waals surface area (Å²) in [4.78, 5) is 27.5. The topological polar surface area (TPSA) is 88.1 Å². The second-order valence-electron chi connectivity index (χ2n) is 10.1. The van der Waals surface area contributed by atoms with Crippen LogP contribution < -0.4 is 5.32 Å². The first-order chi connectivity index (χ1) is 19.0. The van der Waals surface area contributed by atoms with Crippen LogP contribution in [0.3, 0.4) is 0 Å². The summed E-state index contributed by atoms with van der Waals surface area (Å²) in [5.41, 5.74) is 3.22. The van der Waals surface area contributed by atoms with Crippen molar-refractivity contribution in [2.75, 3.05) is 19.8 Å². The first-order valence-electron chi connectivity index (χ1n) is 13.4. The Bertz CT molecular complexity index is 1270. The third kappa shape index (κ3) is 6.71. The van der Waals surface area contributed by atoms with E-state index in [4.69, 9.17) is 9.47 Å². The van der Waals surface area contributed by atoms with Crippen LogP contribution in [0.15, 0.2) is 78.9 Å². The summed E-state index contributed by atoms with van der Waals surface area (Å²) in [6.07, 6.45) is -0.394. The molecule has 2 heterocycles. The van der Waals surface area contributed by atoms with E-state index in [1.165, 1.54) is 23.1 Å². The standard InChI is InChI=1S/C31H33FN2O5/c32-27-9-5-4-8-26(27)31(37)34-18-24(35)19-38-20-29-28(34)15-14-25(39-29)16-30(36)33-17-21-10-12-23(13-11-21)22-6-2-1-3-7-22/h1-13,24-25,28-29,35H,14-20H2,(H,33,36)/t24-,25-,28-,29+/m0/s1. The molecule has 0 radical (unpaired) electrons. The number of hydrogen-bond acceptors (Lipinski definition) is 5. The highest BCUT2D eigenvalue weighted by atomic mass is 19.1. The van der Waals surface area contributed by atoms with E-state index in [9.17, 15) is 19.1 Å². The van der Waals surface area contributed by atoms with E-state index in [2.05, 4.69) is 17.4 Å². The normalized spacial score (nSPS) is 23.3. The summed E-state index contributed by atoms with van der Waals surface area (Å²) in [6, 6.07) is 23.7. The summed E-state index contributed by atoms with van der Waals surface area (Å²) >= 11 is 0. The minimum atomic E-state index is -0.882. The maximum atomic E-state index is 14.4. The van der Waals surface area contributed by atoms with Crippen molar-refractivity contribution < 1.29 is 28.6 Å². The number of hydrogen-bond donors (Lipinski definition) is 2. The van der Waals surface area contributed by atoms with E-state index in [0.717, 1.165) is 16.7 Å². The van der Waals surface area contributed by atoms with Gasteiger partial charge in [-0.05, 0) is 41.7 Å². The summed E-state index contributed by atoms with van der Waals surface area (Å²) < 4.78 is 26.3. The number of amides is 2. The van der Waals surface area contributed by atoms with Crippen molar-refractivity contribution in [2.45, 2.75) is 50.2 Å². The number of nitrogens with zero attached hydrogens (tertiary/aromatic N) is 1. The average molecular weight is 533 g/mol. The van der Waals surface area contributed by atoms with Gasteiger partial charge in [-0.25, -0.2) is 4.39 Å². The van der Waals surface area contributed by atoms with Crippen LogP contribution in [0.2, 0.25) is 0 Å². The van der Waals surface area contributed by atoms with Gasteiger partial charge in [0.05, 0.1) is 43.4 Å². The molecule has 3 aromatic carbocycles. The SMILES string of the molecule is O=C(C[C@@H]1CC[C@H]2[C@@H](COC[C@@H](O)CN2C(=O)c2ccccc2F)O1)NCc1ccc(-c2ccccc2)cc1. The van der Waals surface area contributed by atoms with Crippen molar-refractivity contribution in [3.05, 3.63) is 95.8 Å². The largest absolute Gasteiger partial charge is 0.389 e. The molecule has 4 atom stereocenters. The molecule has 2 aliphatic heterocycles. The van der Waals surface area contributed by atoms with Crippen LogP contribution in [0.4, 0.5) is 4.39 Å². The molecule has 0 bridgehead atoms. The fourth-order valence-electron chi connectivity index (χ4n) is 5.29. The number of nitrogens with one attached hydrogen (secondary N) is 1. The average Bonchev–Trinajstić information content (AvgIpc) is 2.95. The molecule has 0 unspecified atom stereocenters. The molecular weight excluding hydrogens is 499 g/mol. The molecule has 2 saturated heterocycles. The van der Waals surface area contributed by atoms with Gasteiger partial charge < -0.3 is 24.8 Å². The first kappa shape index (κ1) is 27.0. The predicted octanol–water partition coefficient (Wildman–Crippen LogP) is 3.95. The van der Waals surface area contributed by atoms with Gasteiger partial charge in [0.1, 0.15) is 11.9 Å². The molecule has 2 fully saturated rings. The van der Waals surface area contributed by atoms with Gasteiger partial charge in [0.25, 0.3) is 5.91 Å². The lowest BCUT2D eigenvalue weighted by molar-refractivity contribution is -0.151. The van der Waals surface area contributed by atoms with Gasteiger partial charge in [-0.2, -0.15) is 0 Å². The summed E-state index contributed by atoms with van der Waals surface area (Å²) in [5.74, 6) is -1.21. The van der Waals surface area contributed by atoms with Gasteiger partial charge in [0, 0.05) is 13.1 Å². The minimum Gasteiger partial charge on any atom is -0.389 e. The molecule has 2 amide bonds. The Balaban J connectivity index is 1.17. The Labute approximate surface area is 227 Å². The first-order valence-corrected chi connectivity index (χ1v) is 13.4. The van der Waals surface area contributed by atoms with Crippen LogP contribution in [0.5, 0.6) is 0 Å². The van der Waals surface area contributed by atoms with Gasteiger partial charge in [-0.1, -0.05) is 66.7 Å². The molecule has 0 spiro atoms. The van der Waals surface area contributed by atoms with Gasteiger partial charge in [-0.15, -0.1) is 0 Å². The number of aliphatic hydroxyl groups is 1. The zero-order valence-corrected chi connectivity index (χ0v) is 21.7. The van der Waals surface area contributed by atoms with Crippen LogP contribution in [-0.2, 0) is 20.8 Å². The quantitative estimate of drug-likeness (QED) is 0.502. The van der Waals surface area contributed by atoms with E-state index >= 15 is 0 Å². The number of carbonyl (C=O) groups excluding carboxylic acids is 2. The highest BCUT2D eigenvalue weighted by Gasteiger charge is 2.40. The van der Waals surface area contributed by atoms with Crippen molar-refractivity contribution in [3.8, 4) is 11.1 Å². The van der Waals surface area contributed by atoms with E-state index < -0.39 is 30.0 Å². The Morgan fingerprint density at radius 3 is 2.41 bits per heavy atom. The number of carbonyl (C=O) groups is 2. The minimum absolute atomic E-state index is 0.0198. The highest BCUT2D eigenvalue weighted by molar-refractivity contribution is 5.94. The Morgan fingerprint density at radius 1 is 0.923 bits per heavy atom. The van der Waals surface area contributed by atoms with Gasteiger partial charge in [-0.3, -0.25) is 9.59 Å². The molecule has 0 aromatic heterocycles. The lowest BCUT2D eigenvalue weighted by Gasteiger charge is -2.44. The van der Waals surface area contributed by atoms with E-state index in [-0.39, 0.29) is 43.8 Å². The summed E-state index contributed by atoms with van der Waals surface area (Å²) in [5, 5.41) is 13.3. The van der Waals surface area contributed by atoms with Crippen molar-refractivity contribution in [1.29, 1.82) is 0 Å². The Hall–Kier alpha value is -3.59. The van der Waals surface area contributed by atoms with Crippen molar-refractivity contribution in [3.63, 3.8) is 0 Å². The third-order valence-corrected chi connectivity index (χ3v) is 7.31. The van der Waals surface area contributed by atoms with Crippen LogP contribution in [-0.4, -0.2) is 65.9 Å². The molecule has 2 aliphatic rings. The van der Waals surface area contributed by atoms with Crippen LogP contribution in [0.1, 0.15) is 35.2 Å². The predicted molar refractivity (Wildman–Crippen MR) is 144 cm³/mol. The van der Waals surface area contributed by atoms with Gasteiger partial charge >= 0.3 is 0 Å². The molecule has 39 heavy (non-hydrogen) atoms. The maximum Gasteiger partial charge on any atom is 0.257 e. The Kier molecular flexibility index (Phi) is 8.66. The fraction of sp³-hybridized carbons (Fsp3) is 0.355. The van der Waals surface area contributed by atoms with E-state index in [0.29, 0.717) is 19.4 Å². The lowest BCUT2D eigenvalue weighted by Crippen LogP contribution is -2.57. The molecule has 2 N–H and O–H groups in total. The smallest absolute Gasteiger partial charge is 0.257 e. The van der Waals surface area contributed by atoms with Gasteiger partial charge in [0.2, 0.25) is 5.91 Å². The molecular formula is C31H33FN2O5. The zero-order valence-electron chi connectivity index (χ0n) is 21.7. The number of fused-ring (bicyclic) bond motifs is 1. The number of aliphatic hydroxyl groups excluding tert-OH is 1. The number of halogens is 1. The highest BCUT2D eigenvalue weighted by Crippen LogP contribution is 2.29. The van der Waals surface area contributed by atoms with E-state index in [1.807, 2.05) is 42.5 Å². The monoisotopic (exact) mass is 532 g/mol. The maximum absolute atomic E-state index is 14.4. The van der Waals surface area contributed by atoms with Crippen molar-refractivity contribution in [1.82, 2.24) is 10.2 Å². The molecule has 0 saturated carbocycles. The number of β-amino-alcohol motifs (C(OH)–C–C–N with tert-alkyl or cyclic N) is 1. The molecule has 204 valence electrons. The number of benzene rings is 3. The molecule has 3 aromatic rings. The number of rotatable bonds is 6. The molecule has 0 aliphatic carbocycles.